The Balaban J connectivity index is 2.12. The van der Waals surface area contributed by atoms with Gasteiger partial charge in [-0.1, -0.05) is 13.0 Å². The number of nitrogens with zero attached hydrogens (tertiary/aromatic N) is 2. The van der Waals surface area contributed by atoms with E-state index in [9.17, 15) is 9.18 Å². The average molecular weight is 264 g/mol. The lowest BCUT2D eigenvalue weighted by molar-refractivity contribution is 0.0524. The van der Waals surface area contributed by atoms with Gasteiger partial charge in [-0.15, -0.1) is 0 Å². The molecule has 0 aliphatic carbocycles. The number of carbonyl (C=O) groups is 1. The van der Waals surface area contributed by atoms with Crippen LogP contribution in [-0.4, -0.2) is 47.9 Å². The highest BCUT2D eigenvalue weighted by molar-refractivity contribution is 5.94. The van der Waals surface area contributed by atoms with Gasteiger partial charge in [0.15, 0.2) is 0 Å². The molecule has 1 heterocycles. The van der Waals surface area contributed by atoms with E-state index >= 15 is 0 Å². The Labute approximate surface area is 114 Å². The van der Waals surface area contributed by atoms with Crippen LogP contribution in [0, 0.1) is 12.7 Å². The lowest BCUT2D eigenvalue weighted by Crippen LogP contribution is -2.53. The third-order valence-electron chi connectivity index (χ3n) is 3.81. The first-order valence-corrected chi connectivity index (χ1v) is 6.82. The molecule has 1 atom stereocenters. The molecule has 0 N–H and O–H groups in total. The van der Waals surface area contributed by atoms with Crippen molar-refractivity contribution >= 4 is 5.91 Å². The Hall–Kier alpha value is -1.42. The molecule has 0 radical (unpaired) electrons. The van der Waals surface area contributed by atoms with Crippen molar-refractivity contribution in [1.82, 2.24) is 9.80 Å². The van der Waals surface area contributed by atoms with E-state index in [2.05, 4.69) is 18.7 Å². The molecule has 1 aliphatic rings. The molecule has 0 saturated carbocycles. The quantitative estimate of drug-likeness (QED) is 0.818. The summed E-state index contributed by atoms with van der Waals surface area (Å²) in [5, 5.41) is 0. The number of carbonyl (C=O) groups excluding carboxylic acids is 1. The highest BCUT2D eigenvalue weighted by atomic mass is 19.1. The van der Waals surface area contributed by atoms with Crippen LogP contribution in [0.4, 0.5) is 4.39 Å². The predicted octanol–water partition coefficient (Wildman–Crippen LogP) is 2.30. The van der Waals surface area contributed by atoms with Crippen LogP contribution in [0.15, 0.2) is 18.2 Å². The second-order valence-corrected chi connectivity index (χ2v) is 5.21. The summed E-state index contributed by atoms with van der Waals surface area (Å²) in [5.41, 5.74) is 1.01. The zero-order valence-electron chi connectivity index (χ0n) is 11.8. The number of rotatable bonds is 2. The summed E-state index contributed by atoms with van der Waals surface area (Å²) in [6.07, 6.45) is 0. The number of halogens is 1. The summed E-state index contributed by atoms with van der Waals surface area (Å²) in [5.74, 6) is -0.615. The molecule has 0 aromatic heterocycles. The van der Waals surface area contributed by atoms with Gasteiger partial charge in [0, 0.05) is 25.7 Å². The molecule has 19 heavy (non-hydrogen) atoms. The lowest BCUT2D eigenvalue weighted by Gasteiger charge is -2.39. The summed E-state index contributed by atoms with van der Waals surface area (Å²) in [7, 11) is 0. The van der Waals surface area contributed by atoms with Gasteiger partial charge in [-0.2, -0.15) is 0 Å². The number of aryl methyl sites for hydroxylation is 1. The van der Waals surface area contributed by atoms with Crippen molar-refractivity contribution in [2.45, 2.75) is 26.8 Å². The second-order valence-electron chi connectivity index (χ2n) is 5.21. The summed E-state index contributed by atoms with van der Waals surface area (Å²) in [6, 6.07) is 5.11. The van der Waals surface area contributed by atoms with E-state index in [4.69, 9.17) is 0 Å². The number of hydrogen-bond donors (Lipinski definition) is 0. The molecule has 3 nitrogen and oxygen atoms in total. The maximum absolute atomic E-state index is 13.8. The Kier molecular flexibility index (Phi) is 4.20. The van der Waals surface area contributed by atoms with Crippen LogP contribution >= 0.6 is 0 Å². The highest BCUT2D eigenvalue weighted by Crippen LogP contribution is 2.16. The predicted molar refractivity (Wildman–Crippen MR) is 73.7 cm³/mol. The molecule has 1 unspecified atom stereocenters. The van der Waals surface area contributed by atoms with Gasteiger partial charge in [0.1, 0.15) is 5.82 Å². The van der Waals surface area contributed by atoms with Crippen molar-refractivity contribution < 1.29 is 9.18 Å². The van der Waals surface area contributed by atoms with Gasteiger partial charge in [0.25, 0.3) is 5.91 Å². The molecular weight excluding hydrogens is 243 g/mol. The summed E-state index contributed by atoms with van der Waals surface area (Å²) < 4.78 is 13.8. The third-order valence-corrected chi connectivity index (χ3v) is 3.81. The average Bonchev–Trinajstić information content (AvgIpc) is 2.38. The van der Waals surface area contributed by atoms with Crippen LogP contribution in [0.1, 0.15) is 29.8 Å². The maximum atomic E-state index is 13.8. The van der Waals surface area contributed by atoms with Gasteiger partial charge in [-0.25, -0.2) is 4.39 Å². The fourth-order valence-corrected chi connectivity index (χ4v) is 2.61. The Morgan fingerprint density at radius 3 is 2.74 bits per heavy atom. The van der Waals surface area contributed by atoms with Crippen LogP contribution in [-0.2, 0) is 0 Å². The van der Waals surface area contributed by atoms with Gasteiger partial charge < -0.3 is 4.90 Å². The van der Waals surface area contributed by atoms with Crippen molar-refractivity contribution in [3.8, 4) is 0 Å². The fraction of sp³-hybridized carbons (Fsp3) is 0.533. The van der Waals surface area contributed by atoms with E-state index in [-0.39, 0.29) is 11.5 Å². The van der Waals surface area contributed by atoms with E-state index < -0.39 is 5.82 Å². The molecule has 0 bridgehead atoms. The first-order valence-electron chi connectivity index (χ1n) is 6.82. The van der Waals surface area contributed by atoms with Gasteiger partial charge in [-0.3, -0.25) is 9.69 Å². The molecular formula is C15H21FN2O. The monoisotopic (exact) mass is 264 g/mol. The van der Waals surface area contributed by atoms with Crippen molar-refractivity contribution in [2.24, 2.45) is 0 Å². The number of likely N-dealkylation sites (N-methyl/N-ethyl adjacent to an activating group) is 1. The van der Waals surface area contributed by atoms with Crippen LogP contribution in [0.5, 0.6) is 0 Å². The Morgan fingerprint density at radius 2 is 2.16 bits per heavy atom. The standard InChI is InChI=1S/C15H21FN2O/c1-4-17-7-8-18(10-12(17)3)15(19)13-6-5-11(2)9-14(13)16/h5-6,9,12H,4,7-8,10H2,1-3H3. The Morgan fingerprint density at radius 1 is 1.42 bits per heavy atom. The largest absolute Gasteiger partial charge is 0.336 e. The van der Waals surface area contributed by atoms with Gasteiger partial charge >= 0.3 is 0 Å². The van der Waals surface area contributed by atoms with Gasteiger partial charge in [0.2, 0.25) is 0 Å². The first kappa shape index (κ1) is 14.0. The third kappa shape index (κ3) is 2.95. The lowest BCUT2D eigenvalue weighted by atomic mass is 10.1. The van der Waals surface area contributed by atoms with Crippen LogP contribution in [0.25, 0.3) is 0 Å². The van der Waals surface area contributed by atoms with Crippen molar-refractivity contribution in [1.29, 1.82) is 0 Å². The number of hydrogen-bond acceptors (Lipinski definition) is 2. The molecule has 1 fully saturated rings. The van der Waals surface area contributed by atoms with Crippen LogP contribution in [0.2, 0.25) is 0 Å². The zero-order valence-corrected chi connectivity index (χ0v) is 11.8. The molecule has 1 amide bonds. The molecule has 104 valence electrons. The van der Waals surface area contributed by atoms with E-state index in [1.807, 2.05) is 6.92 Å². The molecule has 2 rings (SSSR count). The first-order chi connectivity index (χ1) is 9.02. The normalized spacial score (nSPS) is 20.6. The Bertz CT molecular complexity index is 475. The van der Waals surface area contributed by atoms with Gasteiger partial charge in [-0.05, 0) is 38.1 Å². The minimum atomic E-state index is -0.421. The van der Waals surface area contributed by atoms with Crippen molar-refractivity contribution in [3.05, 3.63) is 35.1 Å². The molecule has 0 spiro atoms. The maximum Gasteiger partial charge on any atom is 0.256 e. The topological polar surface area (TPSA) is 23.6 Å². The van der Waals surface area contributed by atoms with E-state index in [1.54, 1.807) is 17.0 Å². The number of amides is 1. The molecule has 1 saturated heterocycles. The van der Waals surface area contributed by atoms with Crippen molar-refractivity contribution in [2.75, 3.05) is 26.2 Å². The van der Waals surface area contributed by atoms with Crippen LogP contribution in [0.3, 0.4) is 0 Å². The number of piperazine rings is 1. The van der Waals surface area contributed by atoms with E-state index in [0.717, 1.165) is 18.7 Å². The summed E-state index contributed by atoms with van der Waals surface area (Å²) >= 11 is 0. The molecule has 1 aromatic rings. The van der Waals surface area contributed by atoms with Gasteiger partial charge in [0.05, 0.1) is 5.56 Å². The molecule has 1 aliphatic heterocycles. The molecule has 1 aromatic carbocycles. The SMILES string of the molecule is CCN1CCN(C(=O)c2ccc(C)cc2F)CC1C. The van der Waals surface area contributed by atoms with E-state index in [1.165, 1.54) is 6.07 Å². The molecule has 4 heteroatoms. The van der Waals surface area contributed by atoms with Crippen molar-refractivity contribution in [3.63, 3.8) is 0 Å². The summed E-state index contributed by atoms with van der Waals surface area (Å²) in [4.78, 5) is 16.4. The summed E-state index contributed by atoms with van der Waals surface area (Å²) in [6.45, 7) is 9.23. The number of benzene rings is 1. The van der Waals surface area contributed by atoms with Crippen LogP contribution < -0.4 is 0 Å². The second kappa shape index (κ2) is 5.70. The minimum Gasteiger partial charge on any atom is -0.336 e. The fourth-order valence-electron chi connectivity index (χ4n) is 2.61. The zero-order chi connectivity index (χ0) is 14.0. The van der Waals surface area contributed by atoms with E-state index in [0.29, 0.717) is 19.1 Å². The smallest absolute Gasteiger partial charge is 0.256 e. The minimum absolute atomic E-state index is 0.183. The highest BCUT2D eigenvalue weighted by Gasteiger charge is 2.27.